The van der Waals surface area contributed by atoms with Gasteiger partial charge in [0.25, 0.3) is 0 Å². The van der Waals surface area contributed by atoms with E-state index in [0.717, 1.165) is 33.6 Å². The zero-order valence-electron chi connectivity index (χ0n) is 13.9. The quantitative estimate of drug-likeness (QED) is 0.561. The average molecular weight is 327 g/mol. The number of pyridine rings is 1. The summed E-state index contributed by atoms with van der Waals surface area (Å²) < 4.78 is 5.43. The average Bonchev–Trinajstić information content (AvgIpc) is 2.68. The Labute approximate surface area is 146 Å². The van der Waals surface area contributed by atoms with Crippen LogP contribution >= 0.6 is 0 Å². The molecule has 0 spiro atoms. The summed E-state index contributed by atoms with van der Waals surface area (Å²) in [7, 11) is 1.69. The van der Waals surface area contributed by atoms with Gasteiger partial charge >= 0.3 is 0 Å². The zero-order chi connectivity index (χ0) is 17.1. The molecule has 0 bridgehead atoms. The Kier molecular flexibility index (Phi) is 4.09. The Morgan fingerprint density at radius 1 is 0.840 bits per heavy atom. The third-order valence-corrected chi connectivity index (χ3v) is 4.09. The molecule has 4 nitrogen and oxygen atoms in total. The van der Waals surface area contributed by atoms with Crippen LogP contribution in [0, 0.1) is 0 Å². The molecule has 0 aliphatic heterocycles. The highest BCUT2D eigenvalue weighted by Gasteiger charge is 2.08. The topological polar surface area (TPSA) is 47.9 Å². The number of benzene rings is 2. The van der Waals surface area contributed by atoms with Gasteiger partial charge in [-0.1, -0.05) is 42.5 Å². The van der Waals surface area contributed by atoms with Crippen molar-refractivity contribution < 1.29 is 4.74 Å². The number of para-hydroxylation sites is 2. The normalized spacial score (nSPS) is 10.8. The lowest BCUT2D eigenvalue weighted by Gasteiger charge is -2.08. The molecule has 4 aromatic rings. The van der Waals surface area contributed by atoms with Gasteiger partial charge in [-0.3, -0.25) is 0 Å². The highest BCUT2D eigenvalue weighted by molar-refractivity contribution is 5.79. The van der Waals surface area contributed by atoms with Crippen LogP contribution in [0.15, 0.2) is 72.9 Å². The monoisotopic (exact) mass is 327 g/mol. The van der Waals surface area contributed by atoms with Crippen molar-refractivity contribution in [1.82, 2.24) is 15.0 Å². The highest BCUT2D eigenvalue weighted by atomic mass is 16.5. The van der Waals surface area contributed by atoms with E-state index in [1.165, 1.54) is 0 Å². The van der Waals surface area contributed by atoms with Crippen LogP contribution in [0.25, 0.3) is 22.4 Å². The van der Waals surface area contributed by atoms with Crippen LogP contribution in [-0.4, -0.2) is 22.1 Å². The number of hydrogen-bond acceptors (Lipinski definition) is 4. The Morgan fingerprint density at radius 3 is 2.60 bits per heavy atom. The van der Waals surface area contributed by atoms with Gasteiger partial charge in [-0.2, -0.15) is 0 Å². The second-order valence-electron chi connectivity index (χ2n) is 5.76. The maximum atomic E-state index is 5.43. The van der Waals surface area contributed by atoms with E-state index in [9.17, 15) is 0 Å². The zero-order valence-corrected chi connectivity index (χ0v) is 13.9. The molecule has 0 amide bonds. The van der Waals surface area contributed by atoms with Crippen molar-refractivity contribution in [1.29, 1.82) is 0 Å². The molecule has 25 heavy (non-hydrogen) atoms. The number of rotatable bonds is 4. The van der Waals surface area contributed by atoms with E-state index >= 15 is 0 Å². The van der Waals surface area contributed by atoms with Gasteiger partial charge in [-0.15, -0.1) is 0 Å². The fourth-order valence-corrected chi connectivity index (χ4v) is 2.84. The van der Waals surface area contributed by atoms with Crippen molar-refractivity contribution in [3.8, 4) is 17.3 Å². The third-order valence-electron chi connectivity index (χ3n) is 4.09. The minimum absolute atomic E-state index is 0.639. The van der Waals surface area contributed by atoms with Gasteiger partial charge in [0.1, 0.15) is 11.4 Å². The summed E-state index contributed by atoms with van der Waals surface area (Å²) in [6, 6.07) is 21.9. The Hall–Kier alpha value is -3.27. The minimum Gasteiger partial charge on any atom is -0.496 e. The van der Waals surface area contributed by atoms with Gasteiger partial charge in [-0.25, -0.2) is 15.0 Å². The van der Waals surface area contributed by atoms with Crippen molar-refractivity contribution >= 4 is 10.9 Å². The first-order chi connectivity index (χ1) is 12.3. The number of ether oxygens (including phenoxy) is 1. The van der Waals surface area contributed by atoms with Gasteiger partial charge in [0.2, 0.25) is 0 Å². The first kappa shape index (κ1) is 15.3. The Morgan fingerprint density at radius 2 is 1.68 bits per heavy atom. The van der Waals surface area contributed by atoms with Crippen LogP contribution in [0.4, 0.5) is 0 Å². The molecule has 0 aliphatic rings. The summed E-state index contributed by atoms with van der Waals surface area (Å²) in [5.41, 5.74) is 3.76. The molecule has 2 heterocycles. The number of aromatic nitrogens is 3. The summed E-state index contributed by atoms with van der Waals surface area (Å²) in [4.78, 5) is 13.8. The molecule has 0 saturated carbocycles. The molecule has 4 rings (SSSR count). The predicted molar refractivity (Wildman–Crippen MR) is 98.6 cm³/mol. The maximum Gasteiger partial charge on any atom is 0.178 e. The van der Waals surface area contributed by atoms with Crippen LogP contribution in [0.2, 0.25) is 0 Å². The highest BCUT2D eigenvalue weighted by Crippen LogP contribution is 2.22. The number of fused-ring (bicyclic) bond motifs is 1. The van der Waals surface area contributed by atoms with Crippen LogP contribution in [0.5, 0.6) is 5.75 Å². The largest absolute Gasteiger partial charge is 0.496 e. The van der Waals surface area contributed by atoms with E-state index in [4.69, 9.17) is 9.72 Å². The molecule has 0 radical (unpaired) electrons. The van der Waals surface area contributed by atoms with E-state index in [0.29, 0.717) is 12.2 Å². The summed E-state index contributed by atoms with van der Waals surface area (Å²) in [5.74, 6) is 1.51. The first-order valence-corrected chi connectivity index (χ1v) is 8.13. The second-order valence-corrected chi connectivity index (χ2v) is 5.76. The predicted octanol–water partition coefficient (Wildman–Crippen LogP) is 4.29. The summed E-state index contributed by atoms with van der Waals surface area (Å²) in [5, 5.41) is 1.02. The van der Waals surface area contributed by atoms with Crippen LogP contribution in [0.3, 0.4) is 0 Å². The van der Waals surface area contributed by atoms with Gasteiger partial charge in [0.15, 0.2) is 5.82 Å². The van der Waals surface area contributed by atoms with E-state index in [1.807, 2.05) is 66.9 Å². The molecule has 2 aromatic heterocycles. The van der Waals surface area contributed by atoms with E-state index in [1.54, 1.807) is 7.11 Å². The molecule has 122 valence electrons. The molecule has 2 aromatic carbocycles. The summed E-state index contributed by atoms with van der Waals surface area (Å²) >= 11 is 0. The molecule has 0 unspecified atom stereocenters. The molecule has 0 atom stereocenters. The van der Waals surface area contributed by atoms with Gasteiger partial charge in [0, 0.05) is 29.3 Å². The number of nitrogens with zero attached hydrogens (tertiary/aromatic N) is 3. The molecule has 4 heteroatoms. The van der Waals surface area contributed by atoms with Crippen molar-refractivity contribution in [2.24, 2.45) is 0 Å². The van der Waals surface area contributed by atoms with E-state index in [2.05, 4.69) is 16.0 Å². The van der Waals surface area contributed by atoms with Gasteiger partial charge in [0.05, 0.1) is 12.6 Å². The van der Waals surface area contributed by atoms with Gasteiger partial charge < -0.3 is 4.74 Å². The number of hydrogen-bond donors (Lipinski definition) is 0. The molecule has 0 aliphatic carbocycles. The van der Waals surface area contributed by atoms with Crippen molar-refractivity contribution in [3.05, 3.63) is 84.2 Å². The third kappa shape index (κ3) is 3.19. The maximum absolute atomic E-state index is 5.43. The van der Waals surface area contributed by atoms with Crippen molar-refractivity contribution in [3.63, 3.8) is 0 Å². The molecule has 0 fully saturated rings. The molecular weight excluding hydrogens is 310 g/mol. The fraction of sp³-hybridized carbons (Fsp3) is 0.0952. The fourth-order valence-electron chi connectivity index (χ4n) is 2.84. The SMILES string of the molecule is COc1ccccc1Cc1cccc(-c2ncc3ccccc3n2)n1. The molecule has 0 saturated heterocycles. The van der Waals surface area contributed by atoms with Crippen LogP contribution < -0.4 is 4.74 Å². The van der Waals surface area contributed by atoms with Crippen LogP contribution in [-0.2, 0) is 6.42 Å². The molecular formula is C21H17N3O. The lowest BCUT2D eigenvalue weighted by atomic mass is 10.1. The standard InChI is InChI=1S/C21H17N3O/c1-25-20-12-5-3-7-15(20)13-17-9-6-11-19(23-17)21-22-14-16-8-2-4-10-18(16)24-21/h2-12,14H,13H2,1H3. The summed E-state index contributed by atoms with van der Waals surface area (Å²) in [6.45, 7) is 0. The Bertz CT molecular complexity index is 1030. The van der Waals surface area contributed by atoms with Crippen molar-refractivity contribution in [2.75, 3.05) is 7.11 Å². The Balaban J connectivity index is 1.68. The minimum atomic E-state index is 0.639. The van der Waals surface area contributed by atoms with E-state index in [-0.39, 0.29) is 0 Å². The first-order valence-electron chi connectivity index (χ1n) is 8.13. The van der Waals surface area contributed by atoms with Crippen molar-refractivity contribution in [2.45, 2.75) is 6.42 Å². The smallest absolute Gasteiger partial charge is 0.178 e. The lowest BCUT2D eigenvalue weighted by molar-refractivity contribution is 0.410. The van der Waals surface area contributed by atoms with Gasteiger partial charge in [-0.05, 0) is 24.3 Å². The van der Waals surface area contributed by atoms with Crippen LogP contribution in [0.1, 0.15) is 11.3 Å². The lowest BCUT2D eigenvalue weighted by Crippen LogP contribution is -1.98. The number of methoxy groups -OCH3 is 1. The molecule has 0 N–H and O–H groups in total. The summed E-state index contributed by atoms with van der Waals surface area (Å²) in [6.07, 6.45) is 2.54. The van der Waals surface area contributed by atoms with E-state index < -0.39 is 0 Å². The second kappa shape index (κ2) is 6.69.